The zero-order chi connectivity index (χ0) is 15.1. The first-order valence-electron chi connectivity index (χ1n) is 7.06. The van der Waals surface area contributed by atoms with Crippen molar-refractivity contribution in [2.24, 2.45) is 5.92 Å². The van der Waals surface area contributed by atoms with Crippen molar-refractivity contribution in [3.8, 4) is 5.75 Å². The number of hydrogen-bond acceptors (Lipinski definition) is 3. The predicted molar refractivity (Wildman–Crippen MR) is 80.0 cm³/mol. The molecule has 0 aliphatic rings. The zero-order valence-corrected chi connectivity index (χ0v) is 12.8. The Balaban J connectivity index is 2.65. The summed E-state index contributed by atoms with van der Waals surface area (Å²) in [4.78, 5) is 12.8. The van der Waals surface area contributed by atoms with Crippen LogP contribution in [0.4, 0.5) is 0 Å². The number of carbonyl (C=O) groups is 1. The molecule has 0 aliphatic heterocycles. The van der Waals surface area contributed by atoms with Crippen LogP contribution in [-0.4, -0.2) is 35.2 Å². The van der Waals surface area contributed by atoms with Crippen LogP contribution in [0.1, 0.15) is 33.3 Å². The fourth-order valence-corrected chi connectivity index (χ4v) is 2.10. The summed E-state index contributed by atoms with van der Waals surface area (Å²) in [6, 6.07) is 7.85. The first-order chi connectivity index (χ1) is 9.36. The first-order valence-corrected chi connectivity index (χ1v) is 7.06. The molecule has 0 aromatic heterocycles. The fraction of sp³-hybridized carbons (Fsp3) is 0.562. The maximum absolute atomic E-state index is 10.9. The number of carboxylic acid groups (broad SMARTS) is 1. The Morgan fingerprint density at radius 3 is 2.25 bits per heavy atom. The van der Waals surface area contributed by atoms with E-state index in [1.807, 2.05) is 43.0 Å². The van der Waals surface area contributed by atoms with Gasteiger partial charge < -0.3 is 9.84 Å². The molecule has 0 unspecified atom stereocenters. The lowest BCUT2D eigenvalue weighted by Gasteiger charge is -2.22. The van der Waals surface area contributed by atoms with Crippen molar-refractivity contribution >= 4 is 5.97 Å². The van der Waals surface area contributed by atoms with Crippen LogP contribution < -0.4 is 4.74 Å². The molecule has 112 valence electrons. The lowest BCUT2D eigenvalue weighted by molar-refractivity contribution is -0.138. The molecule has 0 bridgehead atoms. The van der Waals surface area contributed by atoms with E-state index in [4.69, 9.17) is 9.84 Å². The zero-order valence-electron chi connectivity index (χ0n) is 12.8. The second-order valence-corrected chi connectivity index (χ2v) is 5.77. The van der Waals surface area contributed by atoms with E-state index in [2.05, 4.69) is 13.8 Å². The molecule has 0 spiro atoms. The van der Waals surface area contributed by atoms with Crippen LogP contribution >= 0.6 is 0 Å². The molecule has 0 radical (unpaired) electrons. The topological polar surface area (TPSA) is 49.8 Å². The molecule has 0 fully saturated rings. The van der Waals surface area contributed by atoms with Crippen LogP contribution in [0.3, 0.4) is 0 Å². The van der Waals surface area contributed by atoms with Crippen molar-refractivity contribution in [3.05, 3.63) is 29.8 Å². The van der Waals surface area contributed by atoms with Crippen LogP contribution in [0, 0.1) is 5.92 Å². The van der Waals surface area contributed by atoms with Gasteiger partial charge in [0.2, 0.25) is 0 Å². The van der Waals surface area contributed by atoms with Gasteiger partial charge in [0.25, 0.3) is 0 Å². The number of aliphatic carboxylic acids is 1. The Labute approximate surface area is 121 Å². The number of rotatable bonds is 8. The molecule has 0 atom stereocenters. The number of hydrogen-bond donors (Lipinski definition) is 1. The highest BCUT2D eigenvalue weighted by molar-refractivity contribution is 5.69. The van der Waals surface area contributed by atoms with E-state index in [1.165, 1.54) is 0 Å². The van der Waals surface area contributed by atoms with E-state index >= 15 is 0 Å². The van der Waals surface area contributed by atoms with Gasteiger partial charge in [0.05, 0.1) is 12.6 Å². The summed E-state index contributed by atoms with van der Waals surface area (Å²) < 4.78 is 5.60. The summed E-state index contributed by atoms with van der Waals surface area (Å²) in [5.41, 5.74) is 1.10. The van der Waals surface area contributed by atoms with Crippen LogP contribution in [0.25, 0.3) is 0 Å². The second kappa shape index (κ2) is 7.90. The number of nitrogens with zero attached hydrogens (tertiary/aromatic N) is 1. The Morgan fingerprint density at radius 2 is 1.80 bits per heavy atom. The largest absolute Gasteiger partial charge is 0.491 e. The van der Waals surface area contributed by atoms with Crippen molar-refractivity contribution in [2.75, 3.05) is 13.1 Å². The van der Waals surface area contributed by atoms with Gasteiger partial charge in [0.15, 0.2) is 0 Å². The van der Waals surface area contributed by atoms with Gasteiger partial charge in [-0.3, -0.25) is 9.69 Å². The van der Waals surface area contributed by atoms with Gasteiger partial charge in [0.1, 0.15) is 5.75 Å². The quantitative estimate of drug-likeness (QED) is 0.794. The molecule has 1 rings (SSSR count). The second-order valence-electron chi connectivity index (χ2n) is 5.77. The van der Waals surface area contributed by atoms with Crippen molar-refractivity contribution in [3.63, 3.8) is 0 Å². The fourth-order valence-electron chi connectivity index (χ4n) is 2.10. The minimum absolute atomic E-state index is 0.0719. The summed E-state index contributed by atoms with van der Waals surface area (Å²) in [6.45, 7) is 9.66. The van der Waals surface area contributed by atoms with Gasteiger partial charge in [-0.2, -0.15) is 0 Å². The minimum Gasteiger partial charge on any atom is -0.491 e. The number of benzene rings is 1. The van der Waals surface area contributed by atoms with Gasteiger partial charge in [0, 0.05) is 13.1 Å². The van der Waals surface area contributed by atoms with Crippen molar-refractivity contribution in [1.82, 2.24) is 4.90 Å². The van der Waals surface area contributed by atoms with E-state index in [0.717, 1.165) is 17.9 Å². The average molecular weight is 279 g/mol. The van der Waals surface area contributed by atoms with Crippen molar-refractivity contribution in [2.45, 2.75) is 40.3 Å². The molecule has 4 nitrogen and oxygen atoms in total. The van der Waals surface area contributed by atoms with Crippen LogP contribution in [0.15, 0.2) is 24.3 Å². The van der Waals surface area contributed by atoms with E-state index < -0.39 is 5.97 Å². The third-order valence-electron chi connectivity index (χ3n) is 2.68. The third-order valence-corrected chi connectivity index (χ3v) is 2.68. The Bertz CT molecular complexity index is 412. The van der Waals surface area contributed by atoms with Gasteiger partial charge in [-0.25, -0.2) is 0 Å². The minimum atomic E-state index is -0.787. The maximum Gasteiger partial charge on any atom is 0.317 e. The molecule has 4 heteroatoms. The summed E-state index contributed by atoms with van der Waals surface area (Å²) in [5.74, 6) is 0.501. The van der Waals surface area contributed by atoms with Gasteiger partial charge >= 0.3 is 5.97 Å². The summed E-state index contributed by atoms with van der Waals surface area (Å²) in [6.07, 6.45) is 0.158. The number of ether oxygens (including phenoxy) is 1. The molecule has 20 heavy (non-hydrogen) atoms. The van der Waals surface area contributed by atoms with E-state index in [0.29, 0.717) is 12.5 Å². The smallest absolute Gasteiger partial charge is 0.317 e. The molecule has 1 N–H and O–H groups in total. The summed E-state index contributed by atoms with van der Waals surface area (Å²) in [7, 11) is 0. The molecule has 0 amide bonds. The van der Waals surface area contributed by atoms with Crippen LogP contribution in [0.2, 0.25) is 0 Å². The Hall–Kier alpha value is -1.55. The van der Waals surface area contributed by atoms with Gasteiger partial charge in [-0.15, -0.1) is 0 Å². The lowest BCUT2D eigenvalue weighted by Crippen LogP contribution is -2.32. The van der Waals surface area contributed by atoms with E-state index in [9.17, 15) is 4.79 Å². The highest BCUT2D eigenvalue weighted by atomic mass is 16.5. The van der Waals surface area contributed by atoms with E-state index in [1.54, 1.807) is 0 Å². The molecule has 1 aromatic rings. The first kappa shape index (κ1) is 16.5. The number of carboxylic acids is 1. The highest BCUT2D eigenvalue weighted by Gasteiger charge is 2.12. The van der Waals surface area contributed by atoms with Crippen LogP contribution in [-0.2, 0) is 11.3 Å². The highest BCUT2D eigenvalue weighted by Crippen LogP contribution is 2.15. The Morgan fingerprint density at radius 1 is 1.20 bits per heavy atom. The molecular formula is C16H25NO3. The average Bonchev–Trinajstić information content (AvgIpc) is 2.29. The molecule has 0 heterocycles. The van der Waals surface area contributed by atoms with Crippen LogP contribution in [0.5, 0.6) is 5.75 Å². The molecule has 0 saturated heterocycles. The van der Waals surface area contributed by atoms with Gasteiger partial charge in [-0.1, -0.05) is 26.0 Å². The normalized spacial score (nSPS) is 11.3. The Kier molecular flexibility index (Phi) is 6.52. The summed E-state index contributed by atoms with van der Waals surface area (Å²) >= 11 is 0. The van der Waals surface area contributed by atoms with Crippen molar-refractivity contribution in [1.29, 1.82) is 0 Å². The van der Waals surface area contributed by atoms with E-state index in [-0.39, 0.29) is 12.6 Å². The standard InChI is InChI=1S/C16H25NO3/c1-12(2)9-17(11-16(18)19)10-14-5-7-15(8-6-14)20-13(3)4/h5-8,12-13H,9-11H2,1-4H3,(H,18,19). The molecule has 1 aromatic carbocycles. The van der Waals surface area contributed by atoms with Crippen molar-refractivity contribution < 1.29 is 14.6 Å². The third kappa shape index (κ3) is 6.57. The van der Waals surface area contributed by atoms with Gasteiger partial charge in [-0.05, 0) is 37.5 Å². The maximum atomic E-state index is 10.9. The predicted octanol–water partition coefficient (Wildman–Crippen LogP) is 3.02. The SMILES string of the molecule is CC(C)CN(CC(=O)O)Cc1ccc(OC(C)C)cc1. The monoisotopic (exact) mass is 279 g/mol. The molecule has 0 aliphatic carbocycles. The summed E-state index contributed by atoms with van der Waals surface area (Å²) in [5, 5.41) is 8.96. The molecular weight excluding hydrogens is 254 g/mol. The lowest BCUT2D eigenvalue weighted by atomic mass is 10.1. The molecule has 0 saturated carbocycles.